The summed E-state index contributed by atoms with van der Waals surface area (Å²) in [7, 11) is 0. The molecular formula is C22H46BrN. The van der Waals surface area contributed by atoms with Crippen molar-refractivity contribution >= 4 is 0 Å². The maximum absolute atomic E-state index is 2.40. The highest BCUT2D eigenvalue weighted by molar-refractivity contribution is 4.55. The molecule has 0 saturated carbocycles. The third kappa shape index (κ3) is 11.9. The van der Waals surface area contributed by atoms with Gasteiger partial charge < -0.3 is 21.5 Å². The van der Waals surface area contributed by atoms with Gasteiger partial charge in [0.25, 0.3) is 0 Å². The van der Waals surface area contributed by atoms with Crippen LogP contribution < -0.4 is 17.0 Å². The zero-order valence-electron chi connectivity index (χ0n) is 17.0. The van der Waals surface area contributed by atoms with E-state index in [4.69, 9.17) is 0 Å². The third-order valence-electron chi connectivity index (χ3n) is 6.17. The van der Waals surface area contributed by atoms with E-state index >= 15 is 0 Å². The molecule has 146 valence electrons. The molecule has 0 atom stereocenters. The van der Waals surface area contributed by atoms with E-state index in [0.717, 1.165) is 0 Å². The molecule has 0 bridgehead atoms. The fourth-order valence-corrected chi connectivity index (χ4v) is 4.35. The summed E-state index contributed by atoms with van der Waals surface area (Å²) >= 11 is 0. The maximum atomic E-state index is 2.40. The van der Waals surface area contributed by atoms with Crippen LogP contribution in [0.15, 0.2) is 0 Å². The molecule has 0 N–H and O–H groups in total. The molecule has 1 fully saturated rings. The maximum Gasteiger partial charge on any atom is 0.0788 e. The highest BCUT2D eigenvalue weighted by atomic mass is 79.9. The lowest BCUT2D eigenvalue weighted by molar-refractivity contribution is -0.915. The molecule has 1 heterocycles. The van der Waals surface area contributed by atoms with Crippen molar-refractivity contribution in [2.45, 2.75) is 117 Å². The molecule has 0 aromatic rings. The highest BCUT2D eigenvalue weighted by Crippen LogP contribution is 2.20. The Morgan fingerprint density at radius 3 is 1.29 bits per heavy atom. The van der Waals surface area contributed by atoms with Gasteiger partial charge in [-0.15, -0.1) is 0 Å². The van der Waals surface area contributed by atoms with E-state index in [1.54, 1.807) is 0 Å². The van der Waals surface area contributed by atoms with Gasteiger partial charge in [-0.25, -0.2) is 0 Å². The lowest BCUT2D eigenvalue weighted by atomic mass is 10.0. The summed E-state index contributed by atoms with van der Waals surface area (Å²) in [5, 5.41) is 0. The SMILES string of the molecule is CCCCCCCCCCCCCCCC[N+]1(CC)CCCC1.[Br-]. The van der Waals surface area contributed by atoms with E-state index in [1.807, 2.05) is 0 Å². The summed E-state index contributed by atoms with van der Waals surface area (Å²) < 4.78 is 1.44. The molecule has 0 amide bonds. The number of unbranched alkanes of at least 4 members (excludes halogenated alkanes) is 13. The van der Waals surface area contributed by atoms with E-state index in [9.17, 15) is 0 Å². The van der Waals surface area contributed by atoms with Gasteiger partial charge in [-0.2, -0.15) is 0 Å². The van der Waals surface area contributed by atoms with E-state index in [-0.39, 0.29) is 17.0 Å². The molecule has 0 aromatic carbocycles. The lowest BCUT2D eigenvalue weighted by Crippen LogP contribution is -3.00. The minimum absolute atomic E-state index is 0. The number of halogens is 1. The Kier molecular flexibility index (Phi) is 17.2. The largest absolute Gasteiger partial charge is 1.00 e. The summed E-state index contributed by atoms with van der Waals surface area (Å²) in [6.07, 6.45) is 23.6. The first-order valence-electron chi connectivity index (χ1n) is 11.2. The first kappa shape index (κ1) is 24.4. The Bertz CT molecular complexity index is 248. The fraction of sp³-hybridized carbons (Fsp3) is 1.00. The smallest absolute Gasteiger partial charge is 0.0788 e. The number of rotatable bonds is 16. The number of hydrogen-bond donors (Lipinski definition) is 0. The van der Waals surface area contributed by atoms with Crippen LogP contribution in [0.2, 0.25) is 0 Å². The Labute approximate surface area is 164 Å². The third-order valence-corrected chi connectivity index (χ3v) is 6.17. The van der Waals surface area contributed by atoms with Crippen molar-refractivity contribution in [3.05, 3.63) is 0 Å². The first-order chi connectivity index (χ1) is 11.3. The fourth-order valence-electron chi connectivity index (χ4n) is 4.35. The van der Waals surface area contributed by atoms with Crippen LogP contribution in [-0.2, 0) is 0 Å². The number of quaternary nitrogens is 1. The topological polar surface area (TPSA) is 0 Å². The first-order valence-corrected chi connectivity index (χ1v) is 11.2. The van der Waals surface area contributed by atoms with E-state index in [1.165, 1.54) is 133 Å². The summed E-state index contributed by atoms with van der Waals surface area (Å²) in [6, 6.07) is 0. The second kappa shape index (κ2) is 16.9. The molecule has 2 heteroatoms. The van der Waals surface area contributed by atoms with Gasteiger partial charge >= 0.3 is 0 Å². The van der Waals surface area contributed by atoms with Crippen LogP contribution in [0.4, 0.5) is 0 Å². The molecule has 0 spiro atoms. The second-order valence-corrected chi connectivity index (χ2v) is 8.13. The van der Waals surface area contributed by atoms with Crippen molar-refractivity contribution in [1.82, 2.24) is 0 Å². The van der Waals surface area contributed by atoms with E-state index in [2.05, 4.69) is 13.8 Å². The predicted molar refractivity (Wildman–Crippen MR) is 105 cm³/mol. The zero-order valence-corrected chi connectivity index (χ0v) is 18.6. The Balaban J connectivity index is 0.00000529. The Morgan fingerprint density at radius 1 is 0.542 bits per heavy atom. The molecule has 1 saturated heterocycles. The minimum Gasteiger partial charge on any atom is -1.00 e. The van der Waals surface area contributed by atoms with Crippen LogP contribution in [-0.4, -0.2) is 30.7 Å². The zero-order chi connectivity index (χ0) is 16.6. The van der Waals surface area contributed by atoms with Crippen molar-refractivity contribution in [2.75, 3.05) is 26.2 Å². The van der Waals surface area contributed by atoms with Crippen molar-refractivity contribution in [3.63, 3.8) is 0 Å². The monoisotopic (exact) mass is 403 g/mol. The number of likely N-dealkylation sites (tertiary alicyclic amines) is 1. The molecule has 1 aliphatic rings. The van der Waals surface area contributed by atoms with Crippen molar-refractivity contribution < 1.29 is 21.5 Å². The van der Waals surface area contributed by atoms with Crippen LogP contribution in [0.25, 0.3) is 0 Å². The van der Waals surface area contributed by atoms with Gasteiger partial charge in [-0.1, -0.05) is 84.0 Å². The average molecular weight is 405 g/mol. The molecular weight excluding hydrogens is 358 g/mol. The van der Waals surface area contributed by atoms with Crippen LogP contribution >= 0.6 is 0 Å². The highest BCUT2D eigenvalue weighted by Gasteiger charge is 2.28. The summed E-state index contributed by atoms with van der Waals surface area (Å²) in [5.74, 6) is 0. The van der Waals surface area contributed by atoms with Gasteiger partial charge in [0.1, 0.15) is 0 Å². The Morgan fingerprint density at radius 2 is 0.917 bits per heavy atom. The molecule has 0 aromatic heterocycles. The molecule has 24 heavy (non-hydrogen) atoms. The van der Waals surface area contributed by atoms with Gasteiger partial charge in [-0.05, 0) is 19.8 Å². The van der Waals surface area contributed by atoms with Crippen LogP contribution in [0.3, 0.4) is 0 Å². The average Bonchev–Trinajstić information content (AvgIpc) is 3.04. The van der Waals surface area contributed by atoms with Gasteiger partial charge in [0, 0.05) is 12.8 Å². The van der Waals surface area contributed by atoms with Gasteiger partial charge in [-0.3, -0.25) is 0 Å². The lowest BCUT2D eigenvalue weighted by Gasteiger charge is -2.33. The molecule has 0 unspecified atom stereocenters. The van der Waals surface area contributed by atoms with E-state index in [0.29, 0.717) is 0 Å². The second-order valence-electron chi connectivity index (χ2n) is 8.13. The normalized spacial score (nSPS) is 16.2. The van der Waals surface area contributed by atoms with Crippen molar-refractivity contribution in [3.8, 4) is 0 Å². The summed E-state index contributed by atoms with van der Waals surface area (Å²) in [6.45, 7) is 10.5. The summed E-state index contributed by atoms with van der Waals surface area (Å²) in [5.41, 5.74) is 0. The molecule has 1 aliphatic heterocycles. The number of hydrogen-bond acceptors (Lipinski definition) is 0. The standard InChI is InChI=1S/C22H46N.BrH/c1-3-5-6-7-8-9-10-11-12-13-14-15-16-17-20-23(4-2)21-18-19-22-23;/h3-22H2,1-2H3;1H/q+1;/p-1. The summed E-state index contributed by atoms with van der Waals surface area (Å²) in [4.78, 5) is 0. The number of nitrogens with zero attached hydrogens (tertiary/aromatic N) is 1. The van der Waals surface area contributed by atoms with Crippen molar-refractivity contribution in [2.24, 2.45) is 0 Å². The van der Waals surface area contributed by atoms with Crippen LogP contribution in [0, 0.1) is 0 Å². The van der Waals surface area contributed by atoms with Crippen LogP contribution in [0.5, 0.6) is 0 Å². The van der Waals surface area contributed by atoms with Gasteiger partial charge in [0.15, 0.2) is 0 Å². The quantitative estimate of drug-likeness (QED) is 0.268. The molecule has 1 rings (SSSR count). The Hall–Kier alpha value is 0.440. The van der Waals surface area contributed by atoms with Crippen LogP contribution in [0.1, 0.15) is 117 Å². The molecule has 0 aliphatic carbocycles. The van der Waals surface area contributed by atoms with Crippen molar-refractivity contribution in [1.29, 1.82) is 0 Å². The minimum atomic E-state index is 0. The van der Waals surface area contributed by atoms with Gasteiger partial charge in [0.2, 0.25) is 0 Å². The van der Waals surface area contributed by atoms with Gasteiger partial charge in [0.05, 0.1) is 26.2 Å². The molecule has 0 radical (unpaired) electrons. The predicted octanol–water partition coefficient (Wildman–Crippen LogP) is 4.10. The molecule has 1 nitrogen and oxygen atoms in total. The van der Waals surface area contributed by atoms with E-state index < -0.39 is 0 Å².